The van der Waals surface area contributed by atoms with Crippen LogP contribution < -0.4 is 5.73 Å². The molecule has 0 bridgehead atoms. The Bertz CT molecular complexity index is 515. The van der Waals surface area contributed by atoms with Crippen molar-refractivity contribution in [2.45, 2.75) is 25.8 Å². The van der Waals surface area contributed by atoms with Crippen LogP contribution in [-0.2, 0) is 6.42 Å². The van der Waals surface area contributed by atoms with E-state index in [2.05, 4.69) is 4.98 Å². The summed E-state index contributed by atoms with van der Waals surface area (Å²) in [5, 5.41) is 11.0. The first-order chi connectivity index (χ1) is 7.47. The number of aromatic nitrogens is 1. The molecule has 0 aliphatic rings. The van der Waals surface area contributed by atoms with E-state index in [1.165, 1.54) is 0 Å². The second-order valence-corrected chi connectivity index (χ2v) is 4.81. The van der Waals surface area contributed by atoms with Gasteiger partial charge in [0.25, 0.3) is 0 Å². The van der Waals surface area contributed by atoms with E-state index < -0.39 is 0 Å². The van der Waals surface area contributed by atoms with E-state index in [9.17, 15) is 5.11 Å². The minimum absolute atomic E-state index is 0.247. The van der Waals surface area contributed by atoms with E-state index in [-0.39, 0.29) is 11.3 Å². The van der Waals surface area contributed by atoms with Gasteiger partial charge in [0.15, 0.2) is 0 Å². The number of benzene rings is 1. The van der Waals surface area contributed by atoms with Crippen molar-refractivity contribution < 1.29 is 5.11 Å². The second kappa shape index (κ2) is 3.76. The molecule has 3 nitrogen and oxygen atoms in total. The molecule has 1 aromatic carbocycles. The van der Waals surface area contributed by atoms with Crippen LogP contribution in [0.15, 0.2) is 30.5 Å². The van der Waals surface area contributed by atoms with E-state index in [1.807, 2.05) is 38.1 Å². The molecule has 0 radical (unpaired) electrons. The van der Waals surface area contributed by atoms with Gasteiger partial charge in [-0.1, -0.05) is 18.2 Å². The van der Waals surface area contributed by atoms with Gasteiger partial charge in [-0.15, -0.1) is 0 Å². The zero-order valence-corrected chi connectivity index (χ0v) is 9.57. The van der Waals surface area contributed by atoms with Crippen LogP contribution in [0.25, 0.3) is 10.9 Å². The van der Waals surface area contributed by atoms with E-state index in [0.717, 1.165) is 10.9 Å². The third-order valence-corrected chi connectivity index (χ3v) is 2.48. The molecule has 2 rings (SSSR count). The summed E-state index contributed by atoms with van der Waals surface area (Å²) in [6.45, 7) is 3.88. The molecular weight excluding hydrogens is 200 g/mol. The number of fused-ring (bicyclic) bond motifs is 1. The van der Waals surface area contributed by atoms with Crippen molar-refractivity contribution in [2.24, 2.45) is 5.73 Å². The van der Waals surface area contributed by atoms with Gasteiger partial charge >= 0.3 is 0 Å². The summed E-state index contributed by atoms with van der Waals surface area (Å²) < 4.78 is 0. The summed E-state index contributed by atoms with van der Waals surface area (Å²) in [5.41, 5.74) is 7.10. The Labute approximate surface area is 94.9 Å². The zero-order chi connectivity index (χ0) is 11.8. The number of aromatic hydroxyl groups is 1. The quantitative estimate of drug-likeness (QED) is 0.809. The van der Waals surface area contributed by atoms with E-state index >= 15 is 0 Å². The van der Waals surface area contributed by atoms with Gasteiger partial charge in [0, 0.05) is 17.1 Å². The summed E-state index contributed by atoms with van der Waals surface area (Å²) in [6, 6.07) is 7.66. The predicted molar refractivity (Wildman–Crippen MR) is 65.4 cm³/mol. The van der Waals surface area contributed by atoms with Crippen molar-refractivity contribution in [3.8, 4) is 5.75 Å². The molecule has 0 aliphatic heterocycles. The zero-order valence-electron chi connectivity index (χ0n) is 9.57. The number of pyridine rings is 1. The molecular formula is C13H16N2O. The van der Waals surface area contributed by atoms with Crippen LogP contribution in [0.5, 0.6) is 5.75 Å². The Hall–Kier alpha value is -1.61. The summed E-state index contributed by atoms with van der Waals surface area (Å²) in [5.74, 6) is 0.247. The van der Waals surface area contributed by atoms with Crippen molar-refractivity contribution >= 4 is 10.9 Å². The third kappa shape index (κ3) is 2.14. The van der Waals surface area contributed by atoms with Gasteiger partial charge in [0.05, 0.1) is 0 Å². The summed E-state index contributed by atoms with van der Waals surface area (Å²) >= 11 is 0. The average Bonchev–Trinajstić information content (AvgIpc) is 2.21. The van der Waals surface area contributed by atoms with Gasteiger partial charge in [-0.05, 0) is 31.9 Å². The van der Waals surface area contributed by atoms with Gasteiger partial charge in [0.2, 0.25) is 0 Å². The number of rotatable bonds is 2. The first kappa shape index (κ1) is 10.9. The fourth-order valence-corrected chi connectivity index (χ4v) is 1.80. The topological polar surface area (TPSA) is 59.1 Å². The standard InChI is InChI=1S/C13H16N2O/c1-13(2,14)8-10-6-5-9-4-3-7-15-11(9)12(10)16/h3-7,16H,8,14H2,1-2H3. The molecule has 84 valence electrons. The van der Waals surface area contributed by atoms with Crippen LogP contribution in [-0.4, -0.2) is 15.6 Å². The molecule has 3 N–H and O–H groups in total. The fourth-order valence-electron chi connectivity index (χ4n) is 1.80. The third-order valence-electron chi connectivity index (χ3n) is 2.48. The van der Waals surface area contributed by atoms with Gasteiger partial charge in [-0.25, -0.2) is 0 Å². The Morgan fingerprint density at radius 3 is 2.75 bits per heavy atom. The van der Waals surface area contributed by atoms with Crippen LogP contribution in [0.3, 0.4) is 0 Å². The van der Waals surface area contributed by atoms with Crippen LogP contribution in [0.4, 0.5) is 0 Å². The van der Waals surface area contributed by atoms with Crippen LogP contribution in [0.2, 0.25) is 0 Å². The van der Waals surface area contributed by atoms with Gasteiger partial charge in [-0.3, -0.25) is 4.98 Å². The van der Waals surface area contributed by atoms with Crippen molar-refractivity contribution in [3.63, 3.8) is 0 Å². The van der Waals surface area contributed by atoms with Gasteiger partial charge in [-0.2, -0.15) is 0 Å². The monoisotopic (exact) mass is 216 g/mol. The lowest BCUT2D eigenvalue weighted by molar-refractivity contribution is 0.454. The minimum atomic E-state index is -0.333. The molecule has 0 saturated carbocycles. The summed E-state index contributed by atoms with van der Waals surface area (Å²) in [4.78, 5) is 4.18. The smallest absolute Gasteiger partial charge is 0.145 e. The van der Waals surface area contributed by atoms with Gasteiger partial charge < -0.3 is 10.8 Å². The SMILES string of the molecule is CC(C)(N)Cc1ccc2cccnc2c1O. The van der Waals surface area contributed by atoms with Gasteiger partial charge in [0.1, 0.15) is 11.3 Å². The Kier molecular flexibility index (Phi) is 2.56. The minimum Gasteiger partial charge on any atom is -0.505 e. The van der Waals surface area contributed by atoms with Crippen molar-refractivity contribution in [3.05, 3.63) is 36.0 Å². The highest BCUT2D eigenvalue weighted by Gasteiger charge is 2.16. The number of phenols is 1. The highest BCUT2D eigenvalue weighted by atomic mass is 16.3. The maximum Gasteiger partial charge on any atom is 0.145 e. The molecule has 1 heterocycles. The molecule has 0 aliphatic carbocycles. The number of nitrogens with two attached hydrogens (primary N) is 1. The van der Waals surface area contributed by atoms with E-state index in [4.69, 9.17) is 5.73 Å². The second-order valence-electron chi connectivity index (χ2n) is 4.81. The number of nitrogens with zero attached hydrogens (tertiary/aromatic N) is 1. The average molecular weight is 216 g/mol. The lowest BCUT2D eigenvalue weighted by atomic mass is 9.95. The molecule has 0 amide bonds. The first-order valence-electron chi connectivity index (χ1n) is 5.32. The highest BCUT2D eigenvalue weighted by molar-refractivity contribution is 5.85. The maximum absolute atomic E-state index is 10.1. The molecule has 0 saturated heterocycles. The maximum atomic E-state index is 10.1. The molecule has 3 heteroatoms. The molecule has 0 fully saturated rings. The first-order valence-corrected chi connectivity index (χ1v) is 5.32. The highest BCUT2D eigenvalue weighted by Crippen LogP contribution is 2.28. The number of hydrogen-bond donors (Lipinski definition) is 2. The number of hydrogen-bond acceptors (Lipinski definition) is 3. The van der Waals surface area contributed by atoms with Crippen molar-refractivity contribution in [1.82, 2.24) is 4.98 Å². The normalized spacial score (nSPS) is 11.9. The summed E-state index contributed by atoms with van der Waals surface area (Å²) in [7, 11) is 0. The Morgan fingerprint density at radius 2 is 2.06 bits per heavy atom. The molecule has 0 unspecified atom stereocenters. The molecule has 16 heavy (non-hydrogen) atoms. The van der Waals surface area contributed by atoms with E-state index in [1.54, 1.807) is 6.20 Å². The van der Waals surface area contributed by atoms with Crippen LogP contribution >= 0.6 is 0 Å². The largest absolute Gasteiger partial charge is 0.505 e. The van der Waals surface area contributed by atoms with Crippen LogP contribution in [0.1, 0.15) is 19.4 Å². The lowest BCUT2D eigenvalue weighted by Crippen LogP contribution is -2.34. The molecule has 1 aromatic heterocycles. The summed E-state index contributed by atoms with van der Waals surface area (Å²) in [6.07, 6.45) is 2.31. The fraction of sp³-hybridized carbons (Fsp3) is 0.308. The van der Waals surface area contributed by atoms with E-state index in [0.29, 0.717) is 11.9 Å². The van der Waals surface area contributed by atoms with Crippen LogP contribution in [0, 0.1) is 0 Å². The predicted octanol–water partition coefficient (Wildman–Crippen LogP) is 2.22. The Balaban J connectivity index is 2.53. The lowest BCUT2D eigenvalue weighted by Gasteiger charge is -2.19. The van der Waals surface area contributed by atoms with Crippen molar-refractivity contribution in [2.75, 3.05) is 0 Å². The Morgan fingerprint density at radius 1 is 1.31 bits per heavy atom. The molecule has 0 spiro atoms. The molecule has 2 aromatic rings. The number of phenolic OH excluding ortho intramolecular Hbond substituents is 1. The molecule has 0 atom stereocenters. The van der Waals surface area contributed by atoms with Crippen molar-refractivity contribution in [1.29, 1.82) is 0 Å².